The summed E-state index contributed by atoms with van der Waals surface area (Å²) in [6, 6.07) is -1.39. The quantitative estimate of drug-likeness (QED) is 0.307. The minimum absolute atomic E-state index is 0.0561. The van der Waals surface area contributed by atoms with Crippen LogP contribution in [0.15, 0.2) is 0 Å². The highest BCUT2D eigenvalue weighted by molar-refractivity contribution is 9.09. The number of hydrogen-bond donors (Lipinski definition) is 3. The van der Waals surface area contributed by atoms with Gasteiger partial charge in [-0.05, 0) is 25.2 Å². The van der Waals surface area contributed by atoms with Crippen LogP contribution in [-0.2, 0) is 19.1 Å². The number of rotatable bonds is 10. The summed E-state index contributed by atoms with van der Waals surface area (Å²) < 4.78 is 6.41. The predicted molar refractivity (Wildman–Crippen MR) is 119 cm³/mol. The molecule has 0 aromatic heterocycles. The van der Waals surface area contributed by atoms with Crippen molar-refractivity contribution in [3.8, 4) is 0 Å². The molecule has 3 unspecified atom stereocenters. The SMILES string of the molecule is CCCCNC(=O)C1N([C@@H](CO)C(C)C)C(=O)[C@@H]2[C@H](C(=O)NCCC)[C@H]3OC12CC3Br. The number of unbranched alkanes of at least 4 members (excludes halogenated alkanes) is 1. The fraction of sp³-hybridized carbons (Fsp3) is 0.864. The zero-order chi connectivity index (χ0) is 22.9. The largest absolute Gasteiger partial charge is 0.394 e. The van der Waals surface area contributed by atoms with Crippen molar-refractivity contribution >= 4 is 33.7 Å². The van der Waals surface area contributed by atoms with Crippen LogP contribution in [0, 0.1) is 17.8 Å². The first kappa shape index (κ1) is 24.5. The number of halogens is 1. The summed E-state index contributed by atoms with van der Waals surface area (Å²) in [6.07, 6.45) is 2.59. The molecule has 0 saturated carbocycles. The van der Waals surface area contributed by atoms with Gasteiger partial charge in [0.05, 0.1) is 30.6 Å². The average Bonchev–Trinajstić information content (AvgIpc) is 3.31. The Morgan fingerprint density at radius 3 is 2.48 bits per heavy atom. The van der Waals surface area contributed by atoms with Gasteiger partial charge >= 0.3 is 0 Å². The second-order valence-electron chi connectivity index (χ2n) is 9.34. The van der Waals surface area contributed by atoms with E-state index >= 15 is 0 Å². The molecule has 31 heavy (non-hydrogen) atoms. The number of amides is 3. The van der Waals surface area contributed by atoms with E-state index in [-0.39, 0.29) is 35.1 Å². The lowest BCUT2D eigenvalue weighted by Gasteiger charge is -2.38. The number of nitrogens with zero attached hydrogens (tertiary/aromatic N) is 1. The number of hydrogen-bond acceptors (Lipinski definition) is 5. The normalized spacial score (nSPS) is 34.9. The van der Waals surface area contributed by atoms with Crippen molar-refractivity contribution < 1.29 is 24.2 Å². The minimum Gasteiger partial charge on any atom is -0.394 e. The van der Waals surface area contributed by atoms with E-state index in [4.69, 9.17) is 4.74 Å². The first-order chi connectivity index (χ1) is 14.7. The van der Waals surface area contributed by atoms with Gasteiger partial charge in [0.15, 0.2) is 0 Å². The first-order valence-corrected chi connectivity index (χ1v) is 12.5. The van der Waals surface area contributed by atoms with Gasteiger partial charge in [-0.1, -0.05) is 50.0 Å². The summed E-state index contributed by atoms with van der Waals surface area (Å²) in [5, 5.41) is 16.0. The van der Waals surface area contributed by atoms with Crippen molar-refractivity contribution in [3.63, 3.8) is 0 Å². The zero-order valence-corrected chi connectivity index (χ0v) is 20.5. The lowest BCUT2D eigenvalue weighted by Crippen LogP contribution is -2.59. The van der Waals surface area contributed by atoms with Gasteiger partial charge in [-0.15, -0.1) is 0 Å². The molecule has 2 bridgehead atoms. The number of aliphatic hydroxyl groups excluding tert-OH is 1. The summed E-state index contributed by atoms with van der Waals surface area (Å²) in [7, 11) is 0. The number of carbonyl (C=O) groups is 3. The third kappa shape index (κ3) is 4.02. The fourth-order valence-corrected chi connectivity index (χ4v) is 6.44. The average molecular weight is 502 g/mol. The van der Waals surface area contributed by atoms with Crippen LogP contribution in [0.2, 0.25) is 0 Å². The second kappa shape index (κ2) is 9.75. The van der Waals surface area contributed by atoms with E-state index in [1.807, 2.05) is 27.7 Å². The second-order valence-corrected chi connectivity index (χ2v) is 10.5. The molecule has 3 fully saturated rings. The number of carbonyl (C=O) groups excluding carboxylic acids is 3. The van der Waals surface area contributed by atoms with Crippen molar-refractivity contribution in [2.75, 3.05) is 19.7 Å². The predicted octanol–water partition coefficient (Wildman–Crippen LogP) is 1.19. The zero-order valence-electron chi connectivity index (χ0n) is 18.9. The summed E-state index contributed by atoms with van der Waals surface area (Å²) in [4.78, 5) is 41.7. The molecule has 3 saturated heterocycles. The Morgan fingerprint density at radius 1 is 1.23 bits per heavy atom. The highest BCUT2D eigenvalue weighted by Gasteiger charge is 2.77. The van der Waals surface area contributed by atoms with Gasteiger partial charge in [-0.25, -0.2) is 0 Å². The van der Waals surface area contributed by atoms with Crippen molar-refractivity contribution in [3.05, 3.63) is 0 Å². The Labute approximate surface area is 193 Å². The van der Waals surface area contributed by atoms with Gasteiger partial charge in [-0.3, -0.25) is 14.4 Å². The summed E-state index contributed by atoms with van der Waals surface area (Å²) in [6.45, 7) is 8.65. The van der Waals surface area contributed by atoms with Crippen molar-refractivity contribution in [2.24, 2.45) is 17.8 Å². The van der Waals surface area contributed by atoms with Crippen molar-refractivity contribution in [1.82, 2.24) is 15.5 Å². The van der Waals surface area contributed by atoms with E-state index in [1.54, 1.807) is 0 Å². The van der Waals surface area contributed by atoms with Crippen molar-refractivity contribution in [1.29, 1.82) is 0 Å². The lowest BCUT2D eigenvalue weighted by molar-refractivity contribution is -0.146. The number of aliphatic hydroxyl groups is 1. The topological polar surface area (TPSA) is 108 Å². The van der Waals surface area contributed by atoms with Gasteiger partial charge in [0.25, 0.3) is 0 Å². The van der Waals surface area contributed by atoms with Crippen LogP contribution in [0.3, 0.4) is 0 Å². The lowest BCUT2D eigenvalue weighted by atomic mass is 9.70. The highest BCUT2D eigenvalue weighted by Crippen LogP contribution is 2.60. The smallest absolute Gasteiger partial charge is 0.245 e. The molecule has 3 amide bonds. The van der Waals surface area contributed by atoms with Gasteiger partial charge in [0.1, 0.15) is 11.6 Å². The Bertz CT molecular complexity index is 705. The van der Waals surface area contributed by atoms with E-state index in [2.05, 4.69) is 26.6 Å². The first-order valence-electron chi connectivity index (χ1n) is 11.5. The molecule has 3 aliphatic heterocycles. The maximum atomic E-state index is 13.8. The maximum Gasteiger partial charge on any atom is 0.245 e. The fourth-order valence-electron chi connectivity index (χ4n) is 5.50. The molecule has 0 aliphatic carbocycles. The molecule has 3 heterocycles. The molecule has 0 aromatic carbocycles. The van der Waals surface area contributed by atoms with Crippen LogP contribution in [-0.4, -0.2) is 76.0 Å². The number of alkyl halides is 1. The van der Waals surface area contributed by atoms with Crippen LogP contribution in [0.5, 0.6) is 0 Å². The molecule has 3 rings (SSSR count). The molecular formula is C22H36BrN3O5. The van der Waals surface area contributed by atoms with Crippen LogP contribution in [0.4, 0.5) is 0 Å². The van der Waals surface area contributed by atoms with Crippen LogP contribution < -0.4 is 10.6 Å². The van der Waals surface area contributed by atoms with Crippen LogP contribution in [0.1, 0.15) is 53.4 Å². The number of ether oxygens (including phenoxy) is 1. The van der Waals surface area contributed by atoms with Gasteiger partial charge < -0.3 is 25.4 Å². The van der Waals surface area contributed by atoms with Gasteiger partial charge in [-0.2, -0.15) is 0 Å². The standard InChI is InChI=1S/C22H36BrN3O5/c1-5-7-9-25-20(29)18-22-10-13(23)17(31-22)15(19(28)24-8-6-2)16(22)21(30)26(18)14(11-27)12(3)4/h12-18,27H,5-11H2,1-4H3,(H,24,28)(H,25,29)/t13?,14-,15-,16-,17-,18?,22?/m0/s1. The number of likely N-dealkylation sites (tertiary alicyclic amines) is 1. The Kier molecular flexibility index (Phi) is 7.69. The van der Waals surface area contributed by atoms with Gasteiger partial charge in [0.2, 0.25) is 17.7 Å². The molecule has 7 atom stereocenters. The molecule has 0 radical (unpaired) electrons. The van der Waals surface area contributed by atoms with Gasteiger partial charge in [0, 0.05) is 17.9 Å². The highest BCUT2D eigenvalue weighted by atomic mass is 79.9. The van der Waals surface area contributed by atoms with E-state index in [0.29, 0.717) is 19.5 Å². The Balaban J connectivity index is 2.02. The molecular weight excluding hydrogens is 466 g/mol. The van der Waals surface area contributed by atoms with Crippen LogP contribution in [0.25, 0.3) is 0 Å². The third-order valence-electron chi connectivity index (χ3n) is 6.97. The minimum atomic E-state index is -1.07. The van der Waals surface area contributed by atoms with E-state index < -0.39 is 35.6 Å². The molecule has 0 aromatic rings. The van der Waals surface area contributed by atoms with Crippen LogP contribution >= 0.6 is 15.9 Å². The van der Waals surface area contributed by atoms with E-state index in [9.17, 15) is 19.5 Å². The van der Waals surface area contributed by atoms with Crippen molar-refractivity contribution in [2.45, 2.75) is 82.0 Å². The molecule has 1 spiro atoms. The number of nitrogens with one attached hydrogen (secondary N) is 2. The Hall–Kier alpha value is -1.19. The molecule has 3 N–H and O–H groups in total. The molecule has 3 aliphatic rings. The summed E-state index contributed by atoms with van der Waals surface area (Å²) in [5.41, 5.74) is -1.07. The third-order valence-corrected chi connectivity index (χ3v) is 7.82. The monoisotopic (exact) mass is 501 g/mol. The molecule has 8 nitrogen and oxygen atoms in total. The maximum absolute atomic E-state index is 13.8. The Morgan fingerprint density at radius 2 is 1.90 bits per heavy atom. The van der Waals surface area contributed by atoms with E-state index in [0.717, 1.165) is 19.3 Å². The molecule has 176 valence electrons. The summed E-state index contributed by atoms with van der Waals surface area (Å²) in [5.74, 6) is -2.16. The number of fused-ring (bicyclic) bond motifs is 1. The molecule has 9 heteroatoms. The van der Waals surface area contributed by atoms with E-state index in [1.165, 1.54) is 4.90 Å². The summed E-state index contributed by atoms with van der Waals surface area (Å²) >= 11 is 3.65.